The standard InChI is InChI=1S/C15H16N4O6/c1-16-10(20)8(11(21)17(2)14(16)24)6-5-7-9-12(22)18(3)15(25)19(4)13(9)23/h5-8H,1-4H3/b6-5+. The Bertz CT molecular complexity index is 718. The van der Waals surface area contributed by atoms with Gasteiger partial charge in [-0.3, -0.25) is 38.8 Å². The SMILES string of the molecule is CN1C(=O)C(=C/C=C/C2C(=O)N(C)C(=O)N(C)C2=O)C(=O)N(C)C1=O. The summed E-state index contributed by atoms with van der Waals surface area (Å²) in [5.74, 6) is -4.25. The highest BCUT2D eigenvalue weighted by Crippen LogP contribution is 2.18. The first kappa shape index (κ1) is 18.0. The predicted octanol–water partition coefficient (Wildman–Crippen LogP) is -0.814. The number of barbiturate groups is 2. The summed E-state index contributed by atoms with van der Waals surface area (Å²) in [5.41, 5.74) is -0.283. The van der Waals surface area contributed by atoms with E-state index in [9.17, 15) is 28.8 Å². The second kappa shape index (κ2) is 6.30. The van der Waals surface area contributed by atoms with Crippen LogP contribution in [0, 0.1) is 5.92 Å². The van der Waals surface area contributed by atoms with Gasteiger partial charge in [0.05, 0.1) is 0 Å². The first-order valence-electron chi connectivity index (χ1n) is 7.17. The van der Waals surface area contributed by atoms with Crippen molar-refractivity contribution in [1.82, 2.24) is 19.6 Å². The highest BCUT2D eigenvalue weighted by Gasteiger charge is 2.41. The third-order valence-corrected chi connectivity index (χ3v) is 3.98. The molecule has 2 aliphatic heterocycles. The molecule has 0 bridgehead atoms. The molecule has 10 nitrogen and oxygen atoms in total. The Hall–Kier alpha value is -3.30. The zero-order valence-electron chi connectivity index (χ0n) is 14.0. The average Bonchev–Trinajstić information content (AvgIpc) is 2.60. The molecular formula is C15H16N4O6. The van der Waals surface area contributed by atoms with E-state index in [0.717, 1.165) is 25.7 Å². The van der Waals surface area contributed by atoms with Crippen molar-refractivity contribution in [2.45, 2.75) is 0 Å². The topological polar surface area (TPSA) is 115 Å². The number of amides is 8. The lowest BCUT2D eigenvalue weighted by Crippen LogP contribution is -2.56. The minimum absolute atomic E-state index is 0.283. The van der Waals surface area contributed by atoms with Crippen LogP contribution in [-0.2, 0) is 19.2 Å². The van der Waals surface area contributed by atoms with Crippen LogP contribution >= 0.6 is 0 Å². The fourth-order valence-corrected chi connectivity index (χ4v) is 2.36. The van der Waals surface area contributed by atoms with Gasteiger partial charge in [0.25, 0.3) is 11.8 Å². The number of imide groups is 4. The van der Waals surface area contributed by atoms with Crippen LogP contribution in [0.15, 0.2) is 23.8 Å². The molecular weight excluding hydrogens is 332 g/mol. The number of hydrogen-bond donors (Lipinski definition) is 0. The smallest absolute Gasteiger partial charge is 0.273 e. The van der Waals surface area contributed by atoms with Crippen molar-refractivity contribution < 1.29 is 28.8 Å². The molecule has 2 saturated heterocycles. The fourth-order valence-electron chi connectivity index (χ4n) is 2.36. The van der Waals surface area contributed by atoms with E-state index in [2.05, 4.69) is 0 Å². The van der Waals surface area contributed by atoms with Gasteiger partial charge in [-0.15, -0.1) is 0 Å². The number of rotatable bonds is 2. The summed E-state index contributed by atoms with van der Waals surface area (Å²) in [7, 11) is 4.96. The molecule has 0 N–H and O–H groups in total. The Labute approximate surface area is 142 Å². The van der Waals surface area contributed by atoms with Crippen molar-refractivity contribution in [3.8, 4) is 0 Å². The lowest BCUT2D eigenvalue weighted by atomic mass is 10.0. The lowest BCUT2D eigenvalue weighted by molar-refractivity contribution is -0.145. The summed E-state index contributed by atoms with van der Waals surface area (Å²) in [6.45, 7) is 0. The van der Waals surface area contributed by atoms with Crippen molar-refractivity contribution in [1.29, 1.82) is 0 Å². The zero-order valence-corrected chi connectivity index (χ0v) is 14.0. The minimum atomic E-state index is -1.24. The number of allylic oxidation sites excluding steroid dienone is 2. The molecule has 2 heterocycles. The van der Waals surface area contributed by atoms with Crippen LogP contribution in [-0.4, -0.2) is 83.5 Å². The van der Waals surface area contributed by atoms with E-state index >= 15 is 0 Å². The molecule has 0 atom stereocenters. The van der Waals surface area contributed by atoms with Crippen molar-refractivity contribution in [3.63, 3.8) is 0 Å². The highest BCUT2D eigenvalue weighted by atomic mass is 16.2. The molecule has 0 spiro atoms. The number of nitrogens with zero attached hydrogens (tertiary/aromatic N) is 4. The third-order valence-electron chi connectivity index (χ3n) is 3.98. The van der Waals surface area contributed by atoms with Gasteiger partial charge >= 0.3 is 12.1 Å². The van der Waals surface area contributed by atoms with Gasteiger partial charge in [-0.2, -0.15) is 0 Å². The summed E-state index contributed by atoms with van der Waals surface area (Å²) in [6.07, 6.45) is 3.52. The van der Waals surface area contributed by atoms with Crippen molar-refractivity contribution in [2.24, 2.45) is 5.92 Å². The zero-order chi connectivity index (χ0) is 19.0. The van der Waals surface area contributed by atoms with Crippen LogP contribution in [0.25, 0.3) is 0 Å². The van der Waals surface area contributed by atoms with Gasteiger partial charge in [0.2, 0.25) is 11.8 Å². The first-order chi connectivity index (χ1) is 11.6. The van der Waals surface area contributed by atoms with E-state index in [1.807, 2.05) is 0 Å². The Morgan fingerprint density at radius 2 is 1.08 bits per heavy atom. The number of carbonyl (C=O) groups excluding carboxylic acids is 6. The molecule has 2 rings (SSSR count). The molecule has 0 aliphatic carbocycles. The summed E-state index contributed by atoms with van der Waals surface area (Å²) in [5, 5.41) is 0. The van der Waals surface area contributed by atoms with Crippen LogP contribution < -0.4 is 0 Å². The monoisotopic (exact) mass is 348 g/mol. The van der Waals surface area contributed by atoms with Gasteiger partial charge in [0.15, 0.2) is 0 Å². The van der Waals surface area contributed by atoms with Crippen LogP contribution in [0.3, 0.4) is 0 Å². The Kier molecular flexibility index (Phi) is 4.55. The molecule has 0 radical (unpaired) electrons. The second-order valence-electron chi connectivity index (χ2n) is 5.53. The number of urea groups is 2. The fraction of sp³-hybridized carbons (Fsp3) is 0.333. The second-order valence-corrected chi connectivity index (χ2v) is 5.53. The maximum Gasteiger partial charge on any atom is 0.333 e. The predicted molar refractivity (Wildman–Crippen MR) is 82.6 cm³/mol. The Morgan fingerprint density at radius 3 is 1.52 bits per heavy atom. The first-order valence-corrected chi connectivity index (χ1v) is 7.17. The molecule has 132 valence electrons. The van der Waals surface area contributed by atoms with Gasteiger partial charge in [0.1, 0.15) is 11.5 Å². The summed E-state index contributed by atoms with van der Waals surface area (Å²) in [4.78, 5) is 74.5. The maximum absolute atomic E-state index is 12.0. The minimum Gasteiger partial charge on any atom is -0.273 e. The quantitative estimate of drug-likeness (QED) is 0.366. The van der Waals surface area contributed by atoms with Crippen LogP contribution in [0.1, 0.15) is 0 Å². The Balaban J connectivity index is 2.28. The van der Waals surface area contributed by atoms with Crippen molar-refractivity contribution in [2.75, 3.05) is 28.2 Å². The molecule has 2 fully saturated rings. The molecule has 0 aromatic rings. The maximum atomic E-state index is 12.0. The van der Waals surface area contributed by atoms with Gasteiger partial charge in [0, 0.05) is 28.2 Å². The molecule has 0 unspecified atom stereocenters. The van der Waals surface area contributed by atoms with Gasteiger partial charge in [-0.25, -0.2) is 9.59 Å². The molecule has 0 aromatic heterocycles. The molecule has 8 amide bonds. The van der Waals surface area contributed by atoms with Gasteiger partial charge < -0.3 is 0 Å². The highest BCUT2D eigenvalue weighted by molar-refractivity contribution is 6.28. The van der Waals surface area contributed by atoms with E-state index in [4.69, 9.17) is 0 Å². The van der Waals surface area contributed by atoms with E-state index in [1.165, 1.54) is 40.3 Å². The average molecular weight is 348 g/mol. The van der Waals surface area contributed by atoms with E-state index < -0.39 is 41.6 Å². The molecule has 10 heteroatoms. The van der Waals surface area contributed by atoms with E-state index in [-0.39, 0.29) is 5.57 Å². The lowest BCUT2D eigenvalue weighted by Gasteiger charge is -2.31. The van der Waals surface area contributed by atoms with Gasteiger partial charge in [-0.05, 0) is 6.08 Å². The molecule has 0 aromatic carbocycles. The van der Waals surface area contributed by atoms with E-state index in [1.54, 1.807) is 0 Å². The normalized spacial score (nSPS) is 20.6. The van der Waals surface area contributed by atoms with Crippen molar-refractivity contribution >= 4 is 35.7 Å². The molecule has 25 heavy (non-hydrogen) atoms. The van der Waals surface area contributed by atoms with Crippen LogP contribution in [0.5, 0.6) is 0 Å². The number of hydrogen-bond acceptors (Lipinski definition) is 6. The van der Waals surface area contributed by atoms with Crippen LogP contribution in [0.4, 0.5) is 9.59 Å². The Morgan fingerprint density at radius 1 is 0.680 bits per heavy atom. The van der Waals surface area contributed by atoms with E-state index in [0.29, 0.717) is 0 Å². The molecule has 0 saturated carbocycles. The number of carbonyl (C=O) groups is 6. The largest absolute Gasteiger partial charge is 0.333 e. The summed E-state index contributed by atoms with van der Waals surface area (Å²) in [6, 6.07) is -1.49. The van der Waals surface area contributed by atoms with Crippen LogP contribution in [0.2, 0.25) is 0 Å². The van der Waals surface area contributed by atoms with Crippen molar-refractivity contribution in [3.05, 3.63) is 23.8 Å². The van der Waals surface area contributed by atoms with Gasteiger partial charge in [-0.1, -0.05) is 12.2 Å². The number of likely N-dealkylation sites (N-methyl/N-ethyl adjacent to an activating group) is 2. The third kappa shape index (κ3) is 2.82. The summed E-state index contributed by atoms with van der Waals surface area (Å²) >= 11 is 0. The summed E-state index contributed by atoms with van der Waals surface area (Å²) < 4.78 is 0. The molecule has 2 aliphatic rings.